The molecule has 24 heavy (non-hydrogen) atoms. The van der Waals surface area contributed by atoms with Crippen molar-refractivity contribution >= 4 is 18.3 Å². The lowest BCUT2D eigenvalue weighted by Gasteiger charge is -2.06. The van der Waals surface area contributed by atoms with Crippen LogP contribution >= 0.6 is 0 Å². The lowest BCUT2D eigenvalue weighted by Crippen LogP contribution is -2.15. The third-order valence-electron chi connectivity index (χ3n) is 2.55. The molecule has 0 saturated carbocycles. The van der Waals surface area contributed by atoms with Gasteiger partial charge in [0.05, 0.1) is 19.6 Å². The second-order valence-electron chi connectivity index (χ2n) is 4.66. The summed E-state index contributed by atoms with van der Waals surface area (Å²) >= 11 is 0. The molecule has 9 heteroatoms. The SMILES string of the molecule is COc1ccc(OC(=O)Oc2ncc(F)c(N=CN(C)C)n2)cc1. The van der Waals surface area contributed by atoms with Crippen LogP contribution in [0, 0.1) is 5.82 Å². The molecule has 1 heterocycles. The van der Waals surface area contributed by atoms with Crippen LogP contribution < -0.4 is 14.2 Å². The summed E-state index contributed by atoms with van der Waals surface area (Å²) < 4.78 is 28.3. The smallest absolute Gasteiger partial charge is 0.497 e. The number of aliphatic imine (C=N–C) groups is 1. The molecule has 1 aromatic carbocycles. The van der Waals surface area contributed by atoms with Crippen molar-refractivity contribution in [2.75, 3.05) is 21.2 Å². The Morgan fingerprint density at radius 2 is 1.88 bits per heavy atom. The zero-order chi connectivity index (χ0) is 17.5. The van der Waals surface area contributed by atoms with Gasteiger partial charge < -0.3 is 19.1 Å². The fraction of sp³-hybridized carbons (Fsp3) is 0.200. The van der Waals surface area contributed by atoms with Crippen molar-refractivity contribution in [3.8, 4) is 17.5 Å². The Morgan fingerprint density at radius 3 is 2.50 bits per heavy atom. The summed E-state index contributed by atoms with van der Waals surface area (Å²) in [6.45, 7) is 0. The van der Waals surface area contributed by atoms with E-state index in [4.69, 9.17) is 14.2 Å². The minimum atomic E-state index is -1.06. The Morgan fingerprint density at radius 1 is 1.21 bits per heavy atom. The molecule has 2 aromatic rings. The zero-order valence-electron chi connectivity index (χ0n) is 13.3. The molecular formula is C15H15FN4O4. The molecule has 0 radical (unpaired) electrons. The van der Waals surface area contributed by atoms with Gasteiger partial charge in [-0.25, -0.2) is 19.2 Å². The van der Waals surface area contributed by atoms with Crippen LogP contribution in [0.1, 0.15) is 0 Å². The fourth-order valence-corrected chi connectivity index (χ4v) is 1.49. The molecule has 0 N–H and O–H groups in total. The van der Waals surface area contributed by atoms with Gasteiger partial charge in [-0.3, -0.25) is 0 Å². The monoisotopic (exact) mass is 334 g/mol. The first-order valence-electron chi connectivity index (χ1n) is 6.75. The lowest BCUT2D eigenvalue weighted by atomic mass is 10.3. The summed E-state index contributed by atoms with van der Waals surface area (Å²) in [4.78, 5) is 24.4. The molecule has 0 bridgehead atoms. The quantitative estimate of drug-likeness (QED) is 0.359. The van der Waals surface area contributed by atoms with Gasteiger partial charge in [-0.05, 0) is 24.3 Å². The number of nitrogens with zero attached hydrogens (tertiary/aromatic N) is 4. The van der Waals surface area contributed by atoms with E-state index in [1.54, 1.807) is 31.1 Å². The van der Waals surface area contributed by atoms with Crippen LogP contribution in [0.5, 0.6) is 17.5 Å². The second kappa shape index (κ2) is 7.86. The molecule has 0 fully saturated rings. The highest BCUT2D eigenvalue weighted by Gasteiger charge is 2.13. The van der Waals surface area contributed by atoms with Gasteiger partial charge in [0.1, 0.15) is 11.5 Å². The van der Waals surface area contributed by atoms with Gasteiger partial charge in [0.2, 0.25) is 0 Å². The number of carbonyl (C=O) groups is 1. The summed E-state index contributed by atoms with van der Waals surface area (Å²) in [7, 11) is 4.95. The van der Waals surface area contributed by atoms with Crippen LogP contribution in [0.15, 0.2) is 35.5 Å². The molecule has 0 aliphatic carbocycles. The molecular weight excluding hydrogens is 319 g/mol. The average Bonchev–Trinajstić information content (AvgIpc) is 2.56. The van der Waals surface area contributed by atoms with E-state index in [1.165, 1.54) is 25.6 Å². The van der Waals surface area contributed by atoms with Crippen molar-refractivity contribution in [2.24, 2.45) is 4.99 Å². The number of ether oxygens (including phenoxy) is 3. The largest absolute Gasteiger partial charge is 0.521 e. The van der Waals surface area contributed by atoms with Crippen molar-refractivity contribution in [1.29, 1.82) is 0 Å². The Kier molecular flexibility index (Phi) is 5.61. The maximum atomic E-state index is 13.5. The fourth-order valence-electron chi connectivity index (χ4n) is 1.49. The molecule has 0 aliphatic heterocycles. The van der Waals surface area contributed by atoms with Gasteiger partial charge in [0.15, 0.2) is 11.6 Å². The summed E-state index contributed by atoms with van der Waals surface area (Å²) in [5, 5.41) is 0. The first-order chi connectivity index (χ1) is 11.5. The van der Waals surface area contributed by atoms with Crippen molar-refractivity contribution in [2.45, 2.75) is 0 Å². The first kappa shape index (κ1) is 17.1. The number of aromatic nitrogens is 2. The number of methoxy groups -OCH3 is 1. The second-order valence-corrected chi connectivity index (χ2v) is 4.66. The zero-order valence-corrected chi connectivity index (χ0v) is 13.3. The van der Waals surface area contributed by atoms with Crippen molar-refractivity contribution < 1.29 is 23.4 Å². The van der Waals surface area contributed by atoms with Gasteiger partial charge >= 0.3 is 12.2 Å². The van der Waals surface area contributed by atoms with Crippen molar-refractivity contribution in [3.63, 3.8) is 0 Å². The first-order valence-corrected chi connectivity index (χ1v) is 6.75. The summed E-state index contributed by atoms with van der Waals surface area (Å²) in [6.07, 6.45) is 1.14. The Labute approximate surface area is 137 Å². The van der Waals surface area contributed by atoms with Crippen LogP contribution in [-0.2, 0) is 0 Å². The minimum Gasteiger partial charge on any atom is -0.497 e. The van der Waals surface area contributed by atoms with Gasteiger partial charge in [-0.15, -0.1) is 0 Å². The third kappa shape index (κ3) is 4.90. The van der Waals surface area contributed by atoms with E-state index in [2.05, 4.69) is 15.0 Å². The number of benzene rings is 1. The highest BCUT2D eigenvalue weighted by Crippen LogP contribution is 2.19. The average molecular weight is 334 g/mol. The molecule has 0 atom stereocenters. The standard InChI is InChI=1S/C15H15FN4O4/c1-20(2)9-18-13-12(16)8-17-14(19-13)24-15(21)23-11-6-4-10(22-3)5-7-11/h4-9H,1-3H3. The maximum Gasteiger partial charge on any atom is 0.521 e. The van der Waals surface area contributed by atoms with E-state index in [1.807, 2.05) is 0 Å². The molecule has 1 aromatic heterocycles. The highest BCUT2D eigenvalue weighted by molar-refractivity contribution is 5.66. The van der Waals surface area contributed by atoms with E-state index in [0.717, 1.165) is 6.20 Å². The summed E-state index contributed by atoms with van der Waals surface area (Å²) in [5.74, 6) is -0.148. The molecule has 0 spiro atoms. The normalized spacial score (nSPS) is 10.5. The van der Waals surface area contributed by atoms with Gasteiger partial charge in [-0.1, -0.05) is 0 Å². The van der Waals surface area contributed by atoms with Crippen LogP contribution in [0.2, 0.25) is 0 Å². The predicted octanol–water partition coefficient (Wildman–Crippen LogP) is 2.42. The molecule has 0 aliphatic rings. The van der Waals surface area contributed by atoms with Crippen molar-refractivity contribution in [3.05, 3.63) is 36.3 Å². The molecule has 2 rings (SSSR count). The van der Waals surface area contributed by atoms with Gasteiger partial charge in [-0.2, -0.15) is 4.98 Å². The molecule has 8 nitrogen and oxygen atoms in total. The summed E-state index contributed by atoms with van der Waals surface area (Å²) in [6, 6.07) is 5.91. The van der Waals surface area contributed by atoms with Gasteiger partial charge in [0.25, 0.3) is 0 Å². The Balaban J connectivity index is 2.04. The van der Waals surface area contributed by atoms with Crippen LogP contribution in [0.3, 0.4) is 0 Å². The van der Waals surface area contributed by atoms with E-state index in [-0.39, 0.29) is 17.6 Å². The number of hydrogen-bond donors (Lipinski definition) is 0. The third-order valence-corrected chi connectivity index (χ3v) is 2.55. The predicted molar refractivity (Wildman–Crippen MR) is 83.5 cm³/mol. The number of hydrogen-bond acceptors (Lipinski definition) is 7. The van der Waals surface area contributed by atoms with E-state index >= 15 is 0 Å². The highest BCUT2D eigenvalue weighted by atomic mass is 19.1. The Hall–Kier alpha value is -3.23. The van der Waals surface area contributed by atoms with Gasteiger partial charge in [0, 0.05) is 14.1 Å². The van der Waals surface area contributed by atoms with Crippen LogP contribution in [0.4, 0.5) is 15.0 Å². The lowest BCUT2D eigenvalue weighted by molar-refractivity contribution is 0.147. The Bertz CT molecular complexity index is 735. The van der Waals surface area contributed by atoms with Crippen LogP contribution in [0.25, 0.3) is 0 Å². The molecule has 0 amide bonds. The van der Waals surface area contributed by atoms with E-state index < -0.39 is 12.0 Å². The molecule has 126 valence electrons. The maximum absolute atomic E-state index is 13.5. The van der Waals surface area contributed by atoms with Crippen LogP contribution in [-0.4, -0.2) is 48.6 Å². The molecule has 0 unspecified atom stereocenters. The topological polar surface area (TPSA) is 86.1 Å². The van der Waals surface area contributed by atoms with Crippen molar-refractivity contribution in [1.82, 2.24) is 14.9 Å². The number of halogens is 1. The van der Waals surface area contributed by atoms with E-state index in [9.17, 15) is 9.18 Å². The van der Waals surface area contributed by atoms with E-state index in [0.29, 0.717) is 5.75 Å². The number of carbonyl (C=O) groups excluding carboxylic acids is 1. The number of rotatable bonds is 5. The summed E-state index contributed by atoms with van der Waals surface area (Å²) in [5.41, 5.74) is 0. The molecule has 0 saturated heterocycles. The minimum absolute atomic E-state index is 0.244.